The van der Waals surface area contributed by atoms with Gasteiger partial charge in [0.25, 0.3) is 0 Å². The molecule has 2 atom stereocenters. The van der Waals surface area contributed by atoms with E-state index >= 15 is 0 Å². The van der Waals surface area contributed by atoms with Crippen LogP contribution in [0.15, 0.2) is 0 Å². The van der Waals surface area contributed by atoms with Crippen LogP contribution in [0.2, 0.25) is 0 Å². The molecule has 1 saturated heterocycles. The van der Waals surface area contributed by atoms with Crippen LogP contribution in [0.25, 0.3) is 0 Å². The highest BCUT2D eigenvalue weighted by molar-refractivity contribution is 8.00. The number of rotatable bonds is 1. The second kappa shape index (κ2) is 3.63. The van der Waals surface area contributed by atoms with Crippen LogP contribution in [0.5, 0.6) is 0 Å². The maximum Gasteiger partial charge on any atom is 0.0638 e. The van der Waals surface area contributed by atoms with Gasteiger partial charge in [-0.1, -0.05) is 13.8 Å². The molecule has 1 fully saturated rings. The van der Waals surface area contributed by atoms with Crippen molar-refractivity contribution in [2.45, 2.75) is 32.1 Å². The molecule has 1 nitrogen and oxygen atoms in total. The summed E-state index contributed by atoms with van der Waals surface area (Å²) in [6, 6.07) is 0. The maximum absolute atomic E-state index is 5.53. The average Bonchev–Trinajstić information content (AvgIpc) is 1.88. The van der Waals surface area contributed by atoms with Crippen LogP contribution in [-0.4, -0.2) is 23.7 Å². The fourth-order valence-electron chi connectivity index (χ4n) is 0.999. The second-order valence-electron chi connectivity index (χ2n) is 3.26. The van der Waals surface area contributed by atoms with Crippen LogP contribution in [0.1, 0.15) is 20.8 Å². The number of thioether (sulfide) groups is 1. The van der Waals surface area contributed by atoms with E-state index in [2.05, 4.69) is 32.5 Å². The average molecular weight is 160 g/mol. The highest BCUT2D eigenvalue weighted by Crippen LogP contribution is 2.25. The Morgan fingerprint density at radius 1 is 1.50 bits per heavy atom. The molecule has 0 N–H and O–H groups in total. The summed E-state index contributed by atoms with van der Waals surface area (Å²) in [5, 5.41) is 0.733. The van der Waals surface area contributed by atoms with E-state index in [-0.39, 0.29) is 0 Å². The van der Waals surface area contributed by atoms with E-state index in [1.165, 1.54) is 5.75 Å². The molecular formula is C8H16OS. The molecule has 2 heteroatoms. The molecule has 1 aliphatic rings. The van der Waals surface area contributed by atoms with E-state index in [4.69, 9.17) is 4.74 Å². The van der Waals surface area contributed by atoms with Gasteiger partial charge in [-0.2, -0.15) is 11.8 Å². The largest absolute Gasteiger partial charge is 0.376 e. The van der Waals surface area contributed by atoms with Crippen LogP contribution < -0.4 is 0 Å². The van der Waals surface area contributed by atoms with Gasteiger partial charge in [-0.3, -0.25) is 0 Å². The Morgan fingerprint density at radius 2 is 2.20 bits per heavy atom. The van der Waals surface area contributed by atoms with Crippen LogP contribution in [0.3, 0.4) is 0 Å². The first-order valence-electron chi connectivity index (χ1n) is 3.93. The van der Waals surface area contributed by atoms with Crippen molar-refractivity contribution in [3.63, 3.8) is 0 Å². The number of hydrogen-bond acceptors (Lipinski definition) is 2. The molecule has 0 aliphatic carbocycles. The minimum absolute atomic E-state index is 0.472. The molecule has 1 rings (SSSR count). The summed E-state index contributed by atoms with van der Waals surface area (Å²) in [6.07, 6.45) is 0.472. The summed E-state index contributed by atoms with van der Waals surface area (Å²) in [6.45, 7) is 7.61. The monoisotopic (exact) mass is 160 g/mol. The Bertz CT molecular complexity index is 95.4. The first kappa shape index (κ1) is 8.41. The quantitative estimate of drug-likeness (QED) is 0.581. The fraction of sp³-hybridized carbons (Fsp3) is 1.00. The summed E-state index contributed by atoms with van der Waals surface area (Å²) in [7, 11) is 0. The predicted molar refractivity (Wildman–Crippen MR) is 46.5 cm³/mol. The minimum atomic E-state index is 0.472. The molecule has 0 bridgehead atoms. The van der Waals surface area contributed by atoms with Crippen molar-refractivity contribution in [2.24, 2.45) is 5.92 Å². The first-order chi connectivity index (χ1) is 4.70. The van der Waals surface area contributed by atoms with Gasteiger partial charge in [-0.05, 0) is 12.8 Å². The maximum atomic E-state index is 5.53. The van der Waals surface area contributed by atoms with Crippen molar-refractivity contribution in [1.29, 1.82) is 0 Å². The molecule has 60 valence electrons. The molecule has 0 spiro atoms. The topological polar surface area (TPSA) is 9.23 Å². The van der Waals surface area contributed by atoms with Gasteiger partial charge in [-0.25, -0.2) is 0 Å². The van der Waals surface area contributed by atoms with Gasteiger partial charge in [0, 0.05) is 11.0 Å². The normalized spacial score (nSPS) is 34.8. The molecular weight excluding hydrogens is 144 g/mol. The van der Waals surface area contributed by atoms with Gasteiger partial charge in [0.15, 0.2) is 0 Å². The lowest BCUT2D eigenvalue weighted by Gasteiger charge is -2.28. The first-order valence-corrected chi connectivity index (χ1v) is 4.98. The zero-order valence-corrected chi connectivity index (χ0v) is 7.78. The lowest BCUT2D eigenvalue weighted by atomic mass is 10.1. The molecule has 2 unspecified atom stereocenters. The molecule has 0 aromatic rings. The van der Waals surface area contributed by atoms with Crippen LogP contribution in [-0.2, 0) is 4.74 Å². The highest BCUT2D eigenvalue weighted by Gasteiger charge is 2.21. The van der Waals surface area contributed by atoms with Gasteiger partial charge in [0.2, 0.25) is 0 Å². The lowest BCUT2D eigenvalue weighted by Crippen LogP contribution is -2.30. The molecule has 0 amide bonds. The lowest BCUT2D eigenvalue weighted by molar-refractivity contribution is 0.0691. The van der Waals surface area contributed by atoms with E-state index in [1.54, 1.807) is 0 Å². The molecule has 0 aromatic carbocycles. The standard InChI is InChI=1S/C8H16OS/c1-6(2)8-4-9-7(3)5-10-8/h6-8H,4-5H2,1-3H3. The minimum Gasteiger partial charge on any atom is -0.376 e. The van der Waals surface area contributed by atoms with Crippen LogP contribution >= 0.6 is 11.8 Å². The molecule has 10 heavy (non-hydrogen) atoms. The summed E-state index contributed by atoms with van der Waals surface area (Å²) >= 11 is 2.05. The van der Waals surface area contributed by atoms with Crippen molar-refractivity contribution in [1.82, 2.24) is 0 Å². The molecule has 0 saturated carbocycles. The SMILES string of the molecule is CC1CSC(C(C)C)CO1. The van der Waals surface area contributed by atoms with Crippen molar-refractivity contribution in [3.05, 3.63) is 0 Å². The Hall–Kier alpha value is 0.310. The van der Waals surface area contributed by atoms with E-state index in [0.29, 0.717) is 6.10 Å². The molecule has 0 aromatic heterocycles. The predicted octanol–water partition coefficient (Wildman–Crippen LogP) is 2.16. The summed E-state index contributed by atoms with van der Waals surface area (Å²) in [5.41, 5.74) is 0. The fourth-order valence-corrected chi connectivity index (χ4v) is 2.17. The summed E-state index contributed by atoms with van der Waals surface area (Å²) in [4.78, 5) is 0. The third-order valence-corrected chi connectivity index (χ3v) is 3.60. The van der Waals surface area contributed by atoms with Gasteiger partial charge in [-0.15, -0.1) is 0 Å². The molecule has 0 radical (unpaired) electrons. The van der Waals surface area contributed by atoms with Gasteiger partial charge in [0.05, 0.1) is 12.7 Å². The van der Waals surface area contributed by atoms with E-state index in [1.807, 2.05) is 0 Å². The van der Waals surface area contributed by atoms with E-state index in [0.717, 1.165) is 17.8 Å². The third-order valence-electron chi connectivity index (χ3n) is 1.83. The van der Waals surface area contributed by atoms with E-state index < -0.39 is 0 Å². The summed E-state index contributed by atoms with van der Waals surface area (Å²) < 4.78 is 5.53. The van der Waals surface area contributed by atoms with Crippen LogP contribution in [0, 0.1) is 5.92 Å². The second-order valence-corrected chi connectivity index (χ2v) is 4.53. The Kier molecular flexibility index (Phi) is 3.05. The Labute approximate surface area is 67.5 Å². The number of hydrogen-bond donors (Lipinski definition) is 0. The van der Waals surface area contributed by atoms with Gasteiger partial charge >= 0.3 is 0 Å². The molecule has 1 aliphatic heterocycles. The van der Waals surface area contributed by atoms with Crippen LogP contribution in [0.4, 0.5) is 0 Å². The van der Waals surface area contributed by atoms with E-state index in [9.17, 15) is 0 Å². The zero-order valence-electron chi connectivity index (χ0n) is 6.96. The Morgan fingerprint density at radius 3 is 2.60 bits per heavy atom. The van der Waals surface area contributed by atoms with Gasteiger partial charge in [0.1, 0.15) is 0 Å². The summed E-state index contributed by atoms with van der Waals surface area (Å²) in [5.74, 6) is 1.93. The highest BCUT2D eigenvalue weighted by atomic mass is 32.2. The molecule has 1 heterocycles. The van der Waals surface area contributed by atoms with Crippen molar-refractivity contribution in [2.75, 3.05) is 12.4 Å². The van der Waals surface area contributed by atoms with Crippen molar-refractivity contribution >= 4 is 11.8 Å². The van der Waals surface area contributed by atoms with Gasteiger partial charge < -0.3 is 4.74 Å². The smallest absolute Gasteiger partial charge is 0.0638 e. The zero-order chi connectivity index (χ0) is 7.56. The van der Waals surface area contributed by atoms with Crippen molar-refractivity contribution in [3.8, 4) is 0 Å². The van der Waals surface area contributed by atoms with Crippen molar-refractivity contribution < 1.29 is 4.74 Å². The third kappa shape index (κ3) is 2.17. The number of ether oxygens (including phenoxy) is 1. The Balaban J connectivity index is 2.26.